The van der Waals surface area contributed by atoms with Gasteiger partial charge in [-0.25, -0.2) is 15.9 Å². The van der Waals surface area contributed by atoms with Crippen molar-refractivity contribution in [3.63, 3.8) is 0 Å². The molecule has 0 N–H and O–H groups in total. The van der Waals surface area contributed by atoms with E-state index < -0.39 is 31.9 Å². The average Bonchev–Trinajstić information content (AvgIpc) is 1.59. The number of aromatic nitrogens is 6. The van der Waals surface area contributed by atoms with Crippen LogP contribution in [0.2, 0.25) is 0 Å². The molecule has 0 spiro atoms. The van der Waals surface area contributed by atoms with Gasteiger partial charge in [0, 0.05) is 154 Å². The first-order chi connectivity index (χ1) is 71.2. The summed E-state index contributed by atoms with van der Waals surface area (Å²) in [5.41, 5.74) is 14.3. The van der Waals surface area contributed by atoms with Gasteiger partial charge in [-0.15, -0.1) is 89.5 Å². The number of nitrogens with zero attached hydrogens (tertiary/aromatic N) is 6. The number of fused-ring (bicyclic) bond motifs is 10. The summed E-state index contributed by atoms with van der Waals surface area (Å²) >= 11 is 1.71. The number of thiophene rings is 1. The van der Waals surface area contributed by atoms with E-state index in [0.717, 1.165) is 148 Å². The van der Waals surface area contributed by atoms with E-state index in [0.29, 0.717) is 33.4 Å². The quantitative estimate of drug-likeness (QED) is 0.0371. The van der Waals surface area contributed by atoms with Crippen molar-refractivity contribution in [1.82, 2.24) is 29.1 Å². The van der Waals surface area contributed by atoms with Crippen LogP contribution in [0.4, 0.5) is 0 Å². The Hall–Kier alpha value is -12.6. The fourth-order valence-corrected chi connectivity index (χ4v) is 24.9. The number of pyridine rings is 4. The second kappa shape index (κ2) is 50.1. The molecule has 0 fully saturated rings. The number of hydrogen-bond donors (Lipinski definition) is 0. The van der Waals surface area contributed by atoms with Crippen molar-refractivity contribution in [1.29, 1.82) is 0 Å². The van der Waals surface area contributed by atoms with E-state index in [2.05, 4.69) is 270 Å². The van der Waals surface area contributed by atoms with Gasteiger partial charge < -0.3 is 65.3 Å². The van der Waals surface area contributed by atoms with Gasteiger partial charge in [0.05, 0.1) is 51.5 Å². The monoisotopic (exact) mass is 2770 g/mol. The third-order valence-electron chi connectivity index (χ3n) is 23.7. The second-order valence-electron chi connectivity index (χ2n) is 36.4. The van der Waals surface area contributed by atoms with Crippen molar-refractivity contribution < 1.29 is 126 Å². The van der Waals surface area contributed by atoms with E-state index in [1.54, 1.807) is 78.3 Å². The molecule has 0 saturated carbocycles. The van der Waals surface area contributed by atoms with Gasteiger partial charge in [0.2, 0.25) is 8.38 Å². The Morgan fingerprint density at radius 1 is 0.347 bits per heavy atom. The SMILES string of the molecule is CC(C)OP(=O)(OC(C)C)c1c[c-]c(-c2nccc3ccccc23)cc1.CC(C)OP(OC(C)(C)C)c1cccc2nc(-c3[c-]cc(-c4ccccc4)s3)ccc12.O=P(Oc1ccccc1)(Oc1ccccc1)c1cc[c-]c(-c2nccc3ccccc23)c1.[Ir].[Ir].[Ir].[Ir].[c-]1ccc(P(Oc2ccc3c(c2)c2ccccc2n3-c2ccccc2)Oc2ccc3c4ccccc4n(-c4ccccc4)c3c2)cc1-c1nccc2ccccc12. The standard InChI is InChI=1S/C51H33N3O2P.C27H19NO3P.C26H27NO2PS.C21H23NO3P.4Ir/c1-3-16-37(17-4-1)53-48-25-12-10-23-44(48)46-33-39(27-29-49(46)53)55-57(41-20-13-15-36(32-41)51-42-21-8-7-14-35(42)30-31-52-51)56-40-26-28-45-43-22-9-11-24-47(43)54(50(45)34-40)38-18-5-2-6-19-38;29-32(30-23-12-3-1-4-13-23,31-24-14-5-2-6-15-24)25-16-9-11-22(20-25)27-26-17-8-7-10-21(26)18-19-28-27;1-18(2)28-30(29-26(3,4)5)23-13-9-12-21-20(23)14-15-22(27-21)25-17-16-24(31-25)19-10-7-6-8-11-19;1-15(2)24-26(23,25-16(3)4)19-11-9-18(10-12-19)21-20-8-6-5-7-17(20)13-14-22-21;;;;/h1-14,16-34H;1-10,12-20H;6-16,18H,1-5H3;5-9,11-16H,1-4H3;;;;/q4*-1;;;;. The van der Waals surface area contributed by atoms with Crippen LogP contribution in [0.3, 0.4) is 0 Å². The minimum atomic E-state index is -3.77. The number of rotatable bonds is 26. The summed E-state index contributed by atoms with van der Waals surface area (Å²) in [6.45, 7) is 17.6. The molecule has 0 aliphatic carbocycles. The molecule has 25 heteroatoms. The fraction of sp³-hybridized carbons (Fsp3) is 0.104. The molecular formula is C125H102Ir4N6O10P4S-4. The van der Waals surface area contributed by atoms with E-state index in [9.17, 15) is 9.13 Å². The molecule has 2 atom stereocenters. The molecular weight excluding hydrogens is 2670 g/mol. The summed E-state index contributed by atoms with van der Waals surface area (Å²) in [5.74, 6) is 2.36. The minimum absolute atomic E-state index is 0. The van der Waals surface area contributed by atoms with Crippen LogP contribution in [0.15, 0.2) is 437 Å². The molecule has 0 amide bonds. The molecule has 16 aromatic carbocycles. The van der Waals surface area contributed by atoms with Gasteiger partial charge in [-0.1, -0.05) is 246 Å². The van der Waals surface area contributed by atoms with Gasteiger partial charge in [0.15, 0.2) is 0 Å². The third kappa shape index (κ3) is 25.6. The van der Waals surface area contributed by atoms with Crippen molar-refractivity contribution in [2.75, 3.05) is 0 Å². The first-order valence-electron chi connectivity index (χ1n) is 48.3. The van der Waals surface area contributed by atoms with Gasteiger partial charge in [0.1, 0.15) is 23.0 Å². The summed E-state index contributed by atoms with van der Waals surface area (Å²) in [6, 6.07) is 152. The van der Waals surface area contributed by atoms with Crippen LogP contribution >= 0.6 is 43.3 Å². The van der Waals surface area contributed by atoms with E-state index in [1.165, 1.54) is 15.8 Å². The molecule has 23 aromatic rings. The predicted molar refractivity (Wildman–Crippen MR) is 601 cm³/mol. The van der Waals surface area contributed by atoms with Gasteiger partial charge in [-0.2, -0.15) is 12.1 Å². The fourth-order valence-electron chi connectivity index (χ4n) is 17.5. The van der Waals surface area contributed by atoms with Crippen LogP contribution in [0.1, 0.15) is 62.3 Å². The van der Waals surface area contributed by atoms with E-state index in [1.807, 2.05) is 205 Å². The zero-order valence-corrected chi connectivity index (χ0v) is 97.1. The summed E-state index contributed by atoms with van der Waals surface area (Å²) in [6.07, 6.45) is 5.06. The Morgan fingerprint density at radius 2 is 0.807 bits per heavy atom. The molecule has 7 aromatic heterocycles. The largest absolute Gasteiger partial charge is 0.444 e. The van der Waals surface area contributed by atoms with Crippen LogP contribution in [-0.4, -0.2) is 53.0 Å². The van der Waals surface area contributed by atoms with E-state index in [-0.39, 0.29) is 104 Å². The van der Waals surface area contributed by atoms with Crippen molar-refractivity contribution in [2.45, 2.75) is 86.2 Å². The van der Waals surface area contributed by atoms with E-state index in [4.69, 9.17) is 46.2 Å². The Morgan fingerprint density at radius 3 is 1.34 bits per heavy atom. The molecule has 0 bridgehead atoms. The van der Waals surface area contributed by atoms with Crippen molar-refractivity contribution in [3.05, 3.63) is 461 Å². The molecule has 0 aliphatic rings. The molecule has 16 nitrogen and oxygen atoms in total. The molecule has 4 radical (unpaired) electrons. The van der Waals surface area contributed by atoms with Gasteiger partial charge in [-0.3, -0.25) is 4.57 Å². The summed E-state index contributed by atoms with van der Waals surface area (Å²) in [4.78, 5) is 21.1. The zero-order valence-electron chi connectivity index (χ0n) is 83.1. The summed E-state index contributed by atoms with van der Waals surface area (Å²) in [5, 5.41) is 15.0. The minimum Gasteiger partial charge on any atom is -0.436 e. The van der Waals surface area contributed by atoms with Crippen LogP contribution in [0.5, 0.6) is 23.0 Å². The normalized spacial score (nSPS) is 11.8. The van der Waals surface area contributed by atoms with Gasteiger partial charge >= 0.3 is 23.6 Å². The maximum Gasteiger partial charge on any atom is 0.444 e. The first kappa shape index (κ1) is 110. The summed E-state index contributed by atoms with van der Waals surface area (Å²) in [7, 11) is -10.1. The maximum absolute atomic E-state index is 14.1. The molecule has 150 heavy (non-hydrogen) atoms. The molecule has 23 rings (SSSR count). The molecule has 2 unspecified atom stereocenters. The van der Waals surface area contributed by atoms with Gasteiger partial charge in [0.25, 0.3) is 0 Å². The van der Waals surface area contributed by atoms with Crippen LogP contribution in [-0.2, 0) is 108 Å². The Labute approximate surface area is 934 Å². The average molecular weight is 2770 g/mol. The van der Waals surface area contributed by atoms with Crippen LogP contribution in [0.25, 0.3) is 153 Å². The van der Waals surface area contributed by atoms with Crippen molar-refractivity contribution in [2.24, 2.45) is 0 Å². The molecule has 7 heterocycles. The third-order valence-corrected chi connectivity index (χ3v) is 32.5. The molecule has 0 saturated heterocycles. The predicted octanol–water partition coefficient (Wildman–Crippen LogP) is 32.6. The topological polar surface area (TPSA) is 169 Å². The molecule has 0 aliphatic heterocycles. The van der Waals surface area contributed by atoms with Crippen molar-refractivity contribution >= 4 is 151 Å². The first-order valence-corrected chi connectivity index (χ1v) is 54.5. The second-order valence-corrected chi connectivity index (χ2v) is 44.1. The maximum atomic E-state index is 14.1. The Bertz CT molecular complexity index is 8600. The number of para-hydroxylation sites is 6. The Kier molecular flexibility index (Phi) is 36.8. The van der Waals surface area contributed by atoms with E-state index >= 15 is 0 Å². The molecule has 758 valence electrons. The van der Waals surface area contributed by atoms with Gasteiger partial charge in [-0.05, 0) is 249 Å². The smallest absolute Gasteiger partial charge is 0.436 e. The van der Waals surface area contributed by atoms with Crippen LogP contribution in [0, 0.1) is 24.3 Å². The summed E-state index contributed by atoms with van der Waals surface area (Å²) < 4.78 is 81.8. The number of benzene rings is 16. The number of hydrogen-bond acceptors (Lipinski definition) is 15. The van der Waals surface area contributed by atoms with Crippen molar-refractivity contribution in [3.8, 4) is 89.2 Å². The Balaban J connectivity index is 0.000000149. The van der Waals surface area contributed by atoms with Crippen LogP contribution < -0.4 is 39.3 Å². The zero-order chi connectivity index (χ0) is 100.